The van der Waals surface area contributed by atoms with E-state index in [1.807, 2.05) is 36.4 Å². The summed E-state index contributed by atoms with van der Waals surface area (Å²) < 4.78 is 12.0. The number of hydrogen-bond donors (Lipinski definition) is 1. The van der Waals surface area contributed by atoms with Gasteiger partial charge in [0.15, 0.2) is 12.2 Å². The third kappa shape index (κ3) is 3.41. The van der Waals surface area contributed by atoms with Crippen LogP contribution in [0.1, 0.15) is 46.9 Å². The van der Waals surface area contributed by atoms with Crippen LogP contribution in [-0.2, 0) is 9.47 Å². The molecule has 1 aliphatic carbocycles. The SMILES string of the molecule is CC1CCC2C(C1)C1NC2C(OC(=O)c2ccccc2)C1OC(=O)c1ccccc1. The van der Waals surface area contributed by atoms with Crippen LogP contribution in [-0.4, -0.2) is 36.2 Å². The molecule has 0 amide bonds. The monoisotopic (exact) mass is 405 g/mol. The molecule has 7 unspecified atom stereocenters. The van der Waals surface area contributed by atoms with E-state index in [0.29, 0.717) is 28.9 Å². The van der Waals surface area contributed by atoms with Crippen LogP contribution >= 0.6 is 0 Å². The lowest BCUT2D eigenvalue weighted by Gasteiger charge is -2.42. The minimum Gasteiger partial charge on any atom is -0.453 e. The minimum absolute atomic E-state index is 0.0315. The summed E-state index contributed by atoms with van der Waals surface area (Å²) in [6, 6.07) is 18.1. The van der Waals surface area contributed by atoms with Crippen molar-refractivity contribution in [2.75, 3.05) is 0 Å². The van der Waals surface area contributed by atoms with Crippen LogP contribution in [0.15, 0.2) is 60.7 Å². The Morgan fingerprint density at radius 1 is 0.767 bits per heavy atom. The molecule has 3 aliphatic rings. The van der Waals surface area contributed by atoms with Crippen LogP contribution in [0, 0.1) is 17.8 Å². The third-order valence-corrected chi connectivity index (χ3v) is 7.06. The van der Waals surface area contributed by atoms with E-state index in [4.69, 9.17) is 9.47 Å². The average molecular weight is 405 g/mol. The maximum Gasteiger partial charge on any atom is 0.338 e. The fourth-order valence-corrected chi connectivity index (χ4v) is 5.67. The molecule has 2 saturated heterocycles. The van der Waals surface area contributed by atoms with E-state index in [1.54, 1.807) is 24.3 Å². The summed E-state index contributed by atoms with van der Waals surface area (Å²) in [5, 5.41) is 3.65. The lowest BCUT2D eigenvalue weighted by atomic mass is 9.66. The van der Waals surface area contributed by atoms with Crippen molar-refractivity contribution >= 4 is 11.9 Å². The zero-order valence-corrected chi connectivity index (χ0v) is 17.1. The molecule has 156 valence electrons. The molecule has 5 nitrogen and oxygen atoms in total. The van der Waals surface area contributed by atoms with Gasteiger partial charge in [0.25, 0.3) is 0 Å². The van der Waals surface area contributed by atoms with Crippen molar-refractivity contribution in [2.45, 2.75) is 50.5 Å². The zero-order valence-electron chi connectivity index (χ0n) is 17.1. The molecule has 2 bridgehead atoms. The van der Waals surface area contributed by atoms with E-state index < -0.39 is 12.2 Å². The number of fused-ring (bicyclic) bond motifs is 5. The molecule has 1 N–H and O–H groups in total. The Hall–Kier alpha value is -2.66. The smallest absolute Gasteiger partial charge is 0.338 e. The van der Waals surface area contributed by atoms with E-state index in [9.17, 15) is 9.59 Å². The fraction of sp³-hybridized carbons (Fsp3) is 0.440. The predicted octanol–water partition coefficient (Wildman–Crippen LogP) is 3.84. The lowest BCUT2D eigenvalue weighted by molar-refractivity contribution is -0.0646. The number of benzene rings is 2. The first-order valence-corrected chi connectivity index (χ1v) is 10.9. The van der Waals surface area contributed by atoms with Crippen LogP contribution in [0.2, 0.25) is 0 Å². The molecule has 5 heteroatoms. The van der Waals surface area contributed by atoms with Gasteiger partial charge in [-0.15, -0.1) is 0 Å². The molecule has 7 atom stereocenters. The van der Waals surface area contributed by atoms with Crippen LogP contribution in [0.25, 0.3) is 0 Å². The van der Waals surface area contributed by atoms with Crippen molar-refractivity contribution in [3.63, 3.8) is 0 Å². The second-order valence-electron chi connectivity index (χ2n) is 8.94. The van der Waals surface area contributed by atoms with Crippen LogP contribution in [0.3, 0.4) is 0 Å². The first kappa shape index (κ1) is 19.3. The van der Waals surface area contributed by atoms with Crippen molar-refractivity contribution in [1.82, 2.24) is 5.32 Å². The van der Waals surface area contributed by atoms with Crippen molar-refractivity contribution in [1.29, 1.82) is 0 Å². The van der Waals surface area contributed by atoms with Gasteiger partial charge in [-0.1, -0.05) is 49.7 Å². The number of esters is 2. The molecule has 2 aromatic carbocycles. The van der Waals surface area contributed by atoms with Crippen molar-refractivity contribution in [3.8, 4) is 0 Å². The van der Waals surface area contributed by atoms with Gasteiger partial charge in [0, 0.05) is 0 Å². The average Bonchev–Trinajstić information content (AvgIpc) is 3.31. The Bertz CT molecular complexity index is 915. The maximum atomic E-state index is 12.8. The number of rotatable bonds is 4. The molecule has 3 fully saturated rings. The largest absolute Gasteiger partial charge is 0.453 e. The summed E-state index contributed by atoms with van der Waals surface area (Å²) in [6.07, 6.45) is 2.50. The Labute approximate surface area is 176 Å². The van der Waals surface area contributed by atoms with E-state index in [0.717, 1.165) is 12.8 Å². The zero-order chi connectivity index (χ0) is 20.7. The Morgan fingerprint density at radius 2 is 1.27 bits per heavy atom. The van der Waals surface area contributed by atoms with Crippen molar-refractivity contribution in [3.05, 3.63) is 71.8 Å². The van der Waals surface area contributed by atoms with Gasteiger partial charge >= 0.3 is 11.9 Å². The molecule has 5 rings (SSSR count). The van der Waals surface area contributed by atoms with Gasteiger partial charge in [-0.05, 0) is 54.9 Å². The molecule has 2 aliphatic heterocycles. The molecule has 1 saturated carbocycles. The van der Waals surface area contributed by atoms with Gasteiger partial charge in [-0.25, -0.2) is 9.59 Å². The standard InChI is InChI=1S/C25H27NO4/c1-15-12-13-18-19(14-15)21-23(30-25(28)17-10-6-3-7-11-17)22(20(18)26-21)29-24(27)16-8-4-2-5-9-16/h2-11,15,18-23,26H,12-14H2,1H3. The molecular weight excluding hydrogens is 378 g/mol. The fourth-order valence-electron chi connectivity index (χ4n) is 5.67. The Balaban J connectivity index is 1.40. The predicted molar refractivity (Wildman–Crippen MR) is 112 cm³/mol. The first-order valence-electron chi connectivity index (χ1n) is 10.9. The first-order chi connectivity index (χ1) is 14.6. The van der Waals surface area contributed by atoms with Gasteiger partial charge in [0.1, 0.15) is 0 Å². The molecule has 0 radical (unpaired) electrons. The highest BCUT2D eigenvalue weighted by atomic mass is 16.6. The highest BCUT2D eigenvalue weighted by Crippen LogP contribution is 2.49. The number of hydrogen-bond acceptors (Lipinski definition) is 5. The lowest BCUT2D eigenvalue weighted by Crippen LogP contribution is -2.52. The molecule has 2 heterocycles. The number of carbonyl (C=O) groups is 2. The summed E-state index contributed by atoms with van der Waals surface area (Å²) in [7, 11) is 0. The van der Waals surface area contributed by atoms with Crippen molar-refractivity contribution < 1.29 is 19.1 Å². The normalized spacial score (nSPS) is 34.2. The number of ether oxygens (including phenoxy) is 2. The highest BCUT2D eigenvalue weighted by molar-refractivity contribution is 5.90. The van der Waals surface area contributed by atoms with E-state index in [2.05, 4.69) is 12.2 Å². The number of carbonyl (C=O) groups excluding carboxylic acids is 2. The summed E-state index contributed by atoms with van der Waals surface area (Å²) in [5.74, 6) is 0.862. The summed E-state index contributed by atoms with van der Waals surface area (Å²) in [6.45, 7) is 2.29. The van der Waals surface area contributed by atoms with Crippen LogP contribution in [0.5, 0.6) is 0 Å². The Kier molecular flexibility index (Phi) is 5.07. The van der Waals surface area contributed by atoms with Gasteiger partial charge in [0.2, 0.25) is 0 Å². The van der Waals surface area contributed by atoms with Gasteiger partial charge in [0.05, 0.1) is 23.2 Å². The summed E-state index contributed by atoms with van der Waals surface area (Å²) in [5.41, 5.74) is 1.03. The molecule has 0 aromatic heterocycles. The van der Waals surface area contributed by atoms with E-state index in [1.165, 1.54) is 6.42 Å². The molecule has 0 spiro atoms. The van der Waals surface area contributed by atoms with Crippen LogP contribution in [0.4, 0.5) is 0 Å². The van der Waals surface area contributed by atoms with Gasteiger partial charge in [-0.2, -0.15) is 0 Å². The van der Waals surface area contributed by atoms with Gasteiger partial charge in [-0.3, -0.25) is 0 Å². The summed E-state index contributed by atoms with van der Waals surface area (Å²) in [4.78, 5) is 25.6. The maximum absolute atomic E-state index is 12.8. The quantitative estimate of drug-likeness (QED) is 0.783. The van der Waals surface area contributed by atoms with Gasteiger partial charge < -0.3 is 14.8 Å². The Morgan fingerprint density at radius 3 is 1.80 bits per heavy atom. The van der Waals surface area contributed by atoms with Crippen LogP contribution < -0.4 is 5.32 Å². The molecular formula is C25H27NO4. The topological polar surface area (TPSA) is 64.6 Å². The third-order valence-electron chi connectivity index (χ3n) is 7.06. The summed E-state index contributed by atoms with van der Waals surface area (Å²) >= 11 is 0. The van der Waals surface area contributed by atoms with Crippen molar-refractivity contribution in [2.24, 2.45) is 17.8 Å². The molecule has 2 aromatic rings. The highest BCUT2D eigenvalue weighted by Gasteiger charge is 2.61. The second kappa shape index (κ2) is 7.88. The minimum atomic E-state index is -0.470. The molecule has 30 heavy (non-hydrogen) atoms. The second-order valence-corrected chi connectivity index (χ2v) is 8.94. The van der Waals surface area contributed by atoms with E-state index >= 15 is 0 Å². The number of nitrogens with one attached hydrogen (secondary N) is 1. The van der Waals surface area contributed by atoms with E-state index in [-0.39, 0.29) is 24.0 Å².